The van der Waals surface area contributed by atoms with E-state index in [1.807, 2.05) is 26.0 Å². The summed E-state index contributed by atoms with van der Waals surface area (Å²) in [6.07, 6.45) is 7.44. The first kappa shape index (κ1) is 13.8. The molecule has 1 amide bonds. The predicted molar refractivity (Wildman–Crippen MR) is 78.2 cm³/mol. The van der Waals surface area contributed by atoms with Crippen molar-refractivity contribution in [3.05, 3.63) is 18.3 Å². The molecule has 1 aliphatic rings. The zero-order chi connectivity index (χ0) is 13.7. The van der Waals surface area contributed by atoms with Gasteiger partial charge in [-0.1, -0.05) is 26.7 Å². The second-order valence-corrected chi connectivity index (χ2v) is 5.70. The van der Waals surface area contributed by atoms with Crippen LogP contribution in [0.25, 0.3) is 0 Å². The van der Waals surface area contributed by atoms with E-state index in [0.717, 1.165) is 5.69 Å². The molecule has 0 unspecified atom stereocenters. The molecule has 19 heavy (non-hydrogen) atoms. The van der Waals surface area contributed by atoms with Crippen molar-refractivity contribution in [2.75, 3.05) is 10.6 Å². The van der Waals surface area contributed by atoms with Crippen LogP contribution < -0.4 is 10.6 Å². The molecule has 1 aromatic rings. The van der Waals surface area contributed by atoms with Crippen LogP contribution in [0.2, 0.25) is 0 Å². The average Bonchev–Trinajstić information content (AvgIpc) is 2.83. The summed E-state index contributed by atoms with van der Waals surface area (Å²) in [5, 5.41) is 6.29. The fourth-order valence-electron chi connectivity index (χ4n) is 2.42. The highest BCUT2D eigenvalue weighted by Gasteiger charge is 2.14. The lowest BCUT2D eigenvalue weighted by Crippen LogP contribution is -2.16. The maximum atomic E-state index is 11.6. The first-order valence-corrected chi connectivity index (χ1v) is 7.16. The molecule has 1 heterocycles. The topological polar surface area (TPSA) is 54.0 Å². The van der Waals surface area contributed by atoms with Crippen LogP contribution in [0.1, 0.15) is 46.0 Å². The minimum absolute atomic E-state index is 0.0269. The van der Waals surface area contributed by atoms with Crippen molar-refractivity contribution in [3.8, 4) is 0 Å². The Bertz CT molecular complexity index is 408. The van der Waals surface area contributed by atoms with Crippen molar-refractivity contribution in [1.82, 2.24) is 4.98 Å². The lowest BCUT2D eigenvalue weighted by Gasteiger charge is -2.13. The second kappa shape index (κ2) is 6.55. The van der Waals surface area contributed by atoms with Crippen LogP contribution in [0.15, 0.2) is 18.3 Å². The lowest BCUT2D eigenvalue weighted by molar-refractivity contribution is -0.116. The highest BCUT2D eigenvalue weighted by atomic mass is 16.1. The van der Waals surface area contributed by atoms with E-state index >= 15 is 0 Å². The quantitative estimate of drug-likeness (QED) is 0.854. The van der Waals surface area contributed by atoms with Crippen LogP contribution in [-0.4, -0.2) is 16.9 Å². The van der Waals surface area contributed by atoms with E-state index in [-0.39, 0.29) is 5.91 Å². The molecular weight excluding hydrogens is 238 g/mol. The van der Waals surface area contributed by atoms with Gasteiger partial charge in [-0.3, -0.25) is 4.79 Å². The van der Waals surface area contributed by atoms with Crippen LogP contribution in [-0.2, 0) is 4.79 Å². The van der Waals surface area contributed by atoms with Gasteiger partial charge < -0.3 is 10.6 Å². The zero-order valence-corrected chi connectivity index (χ0v) is 11.8. The minimum atomic E-state index is 0.0269. The van der Waals surface area contributed by atoms with E-state index in [1.54, 1.807) is 6.20 Å². The van der Waals surface area contributed by atoms with Gasteiger partial charge in [0.1, 0.15) is 5.82 Å². The average molecular weight is 261 g/mol. The summed E-state index contributed by atoms with van der Waals surface area (Å²) in [4.78, 5) is 15.9. The summed E-state index contributed by atoms with van der Waals surface area (Å²) in [5.74, 6) is 1.02. The number of amides is 1. The smallest absolute Gasteiger partial charge is 0.225 e. The molecule has 0 spiro atoms. The molecule has 0 saturated heterocycles. The van der Waals surface area contributed by atoms with Gasteiger partial charge in [-0.15, -0.1) is 0 Å². The van der Waals surface area contributed by atoms with Gasteiger partial charge in [0.05, 0.1) is 11.9 Å². The molecule has 2 rings (SSSR count). The summed E-state index contributed by atoms with van der Waals surface area (Å²) in [6, 6.07) is 4.43. The van der Waals surface area contributed by atoms with Gasteiger partial charge in [-0.2, -0.15) is 0 Å². The molecule has 1 aliphatic carbocycles. The van der Waals surface area contributed by atoms with E-state index in [0.29, 0.717) is 24.2 Å². The Morgan fingerprint density at radius 2 is 2.11 bits per heavy atom. The zero-order valence-electron chi connectivity index (χ0n) is 11.8. The maximum Gasteiger partial charge on any atom is 0.225 e. The Hall–Kier alpha value is -1.58. The van der Waals surface area contributed by atoms with E-state index in [1.165, 1.54) is 25.7 Å². The SMILES string of the molecule is CC(C)CC(=O)Nc1ccc(NC2CCCC2)cn1. The van der Waals surface area contributed by atoms with Crippen molar-refractivity contribution in [1.29, 1.82) is 0 Å². The van der Waals surface area contributed by atoms with Crippen LogP contribution in [0.5, 0.6) is 0 Å². The third-order valence-corrected chi connectivity index (χ3v) is 3.35. The molecule has 0 radical (unpaired) electrons. The largest absolute Gasteiger partial charge is 0.381 e. The van der Waals surface area contributed by atoms with E-state index in [2.05, 4.69) is 15.6 Å². The van der Waals surface area contributed by atoms with Gasteiger partial charge in [0.25, 0.3) is 0 Å². The molecule has 1 fully saturated rings. The molecule has 0 aliphatic heterocycles. The Balaban J connectivity index is 1.85. The van der Waals surface area contributed by atoms with Gasteiger partial charge in [-0.05, 0) is 30.9 Å². The number of anilines is 2. The first-order chi connectivity index (χ1) is 9.13. The van der Waals surface area contributed by atoms with Crippen molar-refractivity contribution in [2.45, 2.75) is 52.0 Å². The molecule has 4 heteroatoms. The number of nitrogens with zero attached hydrogens (tertiary/aromatic N) is 1. The molecule has 1 aromatic heterocycles. The van der Waals surface area contributed by atoms with Crippen LogP contribution >= 0.6 is 0 Å². The summed E-state index contributed by atoms with van der Waals surface area (Å²) in [7, 11) is 0. The van der Waals surface area contributed by atoms with Gasteiger partial charge in [0.15, 0.2) is 0 Å². The van der Waals surface area contributed by atoms with Gasteiger partial charge in [0, 0.05) is 12.5 Å². The van der Waals surface area contributed by atoms with Crippen LogP contribution in [0.4, 0.5) is 11.5 Å². The summed E-state index contributed by atoms with van der Waals surface area (Å²) >= 11 is 0. The number of aromatic nitrogens is 1. The third-order valence-electron chi connectivity index (χ3n) is 3.35. The Morgan fingerprint density at radius 3 is 2.68 bits per heavy atom. The fourth-order valence-corrected chi connectivity index (χ4v) is 2.42. The predicted octanol–water partition coefficient (Wildman–Crippen LogP) is 3.42. The highest BCUT2D eigenvalue weighted by Crippen LogP contribution is 2.22. The molecular formula is C15H23N3O. The van der Waals surface area contributed by atoms with Crippen molar-refractivity contribution in [2.24, 2.45) is 5.92 Å². The van der Waals surface area contributed by atoms with Crippen molar-refractivity contribution >= 4 is 17.4 Å². The molecule has 104 valence electrons. The summed E-state index contributed by atoms with van der Waals surface area (Å²) in [6.45, 7) is 4.06. The summed E-state index contributed by atoms with van der Waals surface area (Å²) < 4.78 is 0. The minimum Gasteiger partial charge on any atom is -0.381 e. The number of pyridine rings is 1. The number of rotatable bonds is 5. The first-order valence-electron chi connectivity index (χ1n) is 7.16. The van der Waals surface area contributed by atoms with Gasteiger partial charge >= 0.3 is 0 Å². The molecule has 0 bridgehead atoms. The van der Waals surface area contributed by atoms with Gasteiger partial charge in [0.2, 0.25) is 5.91 Å². The molecule has 1 saturated carbocycles. The highest BCUT2D eigenvalue weighted by molar-refractivity contribution is 5.89. The Labute approximate surface area is 115 Å². The fraction of sp³-hybridized carbons (Fsp3) is 0.600. The summed E-state index contributed by atoms with van der Waals surface area (Å²) in [5.41, 5.74) is 1.04. The van der Waals surface area contributed by atoms with E-state index < -0.39 is 0 Å². The number of carbonyl (C=O) groups excluding carboxylic acids is 1. The molecule has 4 nitrogen and oxygen atoms in total. The lowest BCUT2D eigenvalue weighted by atomic mass is 10.1. The van der Waals surface area contributed by atoms with Gasteiger partial charge in [-0.25, -0.2) is 4.98 Å². The number of nitrogens with one attached hydrogen (secondary N) is 2. The van der Waals surface area contributed by atoms with E-state index in [4.69, 9.17) is 0 Å². The number of carbonyl (C=O) groups is 1. The number of hydrogen-bond donors (Lipinski definition) is 2. The van der Waals surface area contributed by atoms with E-state index in [9.17, 15) is 4.79 Å². The second-order valence-electron chi connectivity index (χ2n) is 5.70. The van der Waals surface area contributed by atoms with Crippen LogP contribution in [0, 0.1) is 5.92 Å². The van der Waals surface area contributed by atoms with Crippen molar-refractivity contribution in [3.63, 3.8) is 0 Å². The van der Waals surface area contributed by atoms with Crippen LogP contribution in [0.3, 0.4) is 0 Å². The maximum absolute atomic E-state index is 11.6. The Kier molecular flexibility index (Phi) is 4.77. The molecule has 2 N–H and O–H groups in total. The third kappa shape index (κ3) is 4.54. The monoisotopic (exact) mass is 261 g/mol. The molecule has 0 atom stereocenters. The van der Waals surface area contributed by atoms with Crippen molar-refractivity contribution < 1.29 is 4.79 Å². The standard InChI is InChI=1S/C15H23N3O/c1-11(2)9-15(19)18-14-8-7-13(10-16-14)17-12-5-3-4-6-12/h7-8,10-12,17H,3-6,9H2,1-2H3,(H,16,18,19). The number of hydrogen-bond acceptors (Lipinski definition) is 3. The molecule has 0 aromatic carbocycles. The normalized spacial score (nSPS) is 15.7. The Morgan fingerprint density at radius 1 is 1.37 bits per heavy atom.